The van der Waals surface area contributed by atoms with Crippen molar-refractivity contribution < 1.29 is 4.79 Å². The largest absolute Gasteiger partial charge is 0.397 e. The highest BCUT2D eigenvalue weighted by atomic mass is 79.9. The van der Waals surface area contributed by atoms with Crippen LogP contribution in [0.1, 0.15) is 35.8 Å². The number of fused-ring (bicyclic) bond motifs is 2. The number of halogens is 1. The Morgan fingerprint density at radius 2 is 2.25 bits per heavy atom. The Bertz CT molecular complexity index is 699. The van der Waals surface area contributed by atoms with Crippen LogP contribution in [-0.4, -0.2) is 22.3 Å². The monoisotopic (exact) mass is 333 g/mol. The van der Waals surface area contributed by atoms with Crippen molar-refractivity contribution in [1.29, 1.82) is 0 Å². The fourth-order valence-electron chi connectivity index (χ4n) is 2.62. The smallest absolute Gasteiger partial charge is 0.258 e. The maximum Gasteiger partial charge on any atom is 0.258 e. The van der Waals surface area contributed by atoms with Crippen LogP contribution in [0.4, 0.5) is 5.69 Å². The molecule has 0 aliphatic carbocycles. The van der Waals surface area contributed by atoms with Gasteiger partial charge in [0.2, 0.25) is 0 Å². The summed E-state index contributed by atoms with van der Waals surface area (Å²) >= 11 is 3.49. The van der Waals surface area contributed by atoms with Crippen molar-refractivity contribution in [2.75, 3.05) is 12.3 Å². The van der Waals surface area contributed by atoms with Crippen molar-refractivity contribution in [2.24, 2.45) is 0 Å². The number of para-hydroxylation sites is 1. The molecule has 0 saturated carbocycles. The molecule has 0 radical (unpaired) electrons. The fraction of sp³-hybridized carbons (Fsp3) is 0.333. The van der Waals surface area contributed by atoms with Crippen LogP contribution in [0.2, 0.25) is 0 Å². The van der Waals surface area contributed by atoms with Gasteiger partial charge in [-0.1, -0.05) is 25.5 Å². The van der Waals surface area contributed by atoms with Gasteiger partial charge in [0.05, 0.1) is 29.0 Å². The molecule has 0 bridgehead atoms. The number of nitrogens with two attached hydrogens (primary N) is 1. The van der Waals surface area contributed by atoms with E-state index >= 15 is 0 Å². The molecule has 104 valence electrons. The first-order valence-electron chi connectivity index (χ1n) is 6.79. The second-order valence-electron chi connectivity index (χ2n) is 5.06. The highest BCUT2D eigenvalue weighted by Gasteiger charge is 2.31. The van der Waals surface area contributed by atoms with Gasteiger partial charge < -0.3 is 10.6 Å². The van der Waals surface area contributed by atoms with Crippen LogP contribution < -0.4 is 5.73 Å². The summed E-state index contributed by atoms with van der Waals surface area (Å²) in [7, 11) is 0. The Hall–Kier alpha value is -1.62. The van der Waals surface area contributed by atoms with Gasteiger partial charge in [-0.2, -0.15) is 0 Å². The summed E-state index contributed by atoms with van der Waals surface area (Å²) in [4.78, 5) is 18.9. The van der Waals surface area contributed by atoms with Gasteiger partial charge in [-0.15, -0.1) is 0 Å². The third kappa shape index (κ3) is 1.97. The number of rotatable bonds is 3. The van der Waals surface area contributed by atoms with Crippen LogP contribution in [0, 0.1) is 0 Å². The first-order chi connectivity index (χ1) is 9.63. The molecule has 1 aromatic carbocycles. The lowest BCUT2D eigenvalue weighted by Gasteiger charge is -2.14. The van der Waals surface area contributed by atoms with E-state index in [4.69, 9.17) is 5.73 Å². The van der Waals surface area contributed by atoms with E-state index in [0.717, 1.165) is 40.5 Å². The predicted molar refractivity (Wildman–Crippen MR) is 83.5 cm³/mol. The van der Waals surface area contributed by atoms with Crippen molar-refractivity contribution >= 4 is 38.4 Å². The van der Waals surface area contributed by atoms with Crippen LogP contribution >= 0.6 is 15.9 Å². The summed E-state index contributed by atoms with van der Waals surface area (Å²) < 4.78 is 0.906. The average molecular weight is 334 g/mol. The molecule has 1 amide bonds. The maximum absolute atomic E-state index is 12.4. The van der Waals surface area contributed by atoms with Crippen molar-refractivity contribution in [3.8, 4) is 0 Å². The number of anilines is 1. The summed E-state index contributed by atoms with van der Waals surface area (Å²) in [5.41, 5.74) is 8.98. The Morgan fingerprint density at radius 3 is 3.00 bits per heavy atom. The van der Waals surface area contributed by atoms with Gasteiger partial charge >= 0.3 is 0 Å². The topological polar surface area (TPSA) is 59.2 Å². The van der Waals surface area contributed by atoms with E-state index in [-0.39, 0.29) is 5.91 Å². The lowest BCUT2D eigenvalue weighted by Crippen LogP contribution is -2.25. The zero-order chi connectivity index (χ0) is 14.3. The van der Waals surface area contributed by atoms with Crippen LogP contribution in [-0.2, 0) is 6.54 Å². The van der Waals surface area contributed by atoms with Crippen LogP contribution in [0.15, 0.2) is 22.7 Å². The van der Waals surface area contributed by atoms with E-state index in [1.165, 1.54) is 0 Å². The van der Waals surface area contributed by atoms with Crippen LogP contribution in [0.25, 0.3) is 10.9 Å². The molecule has 0 fully saturated rings. The number of hydrogen-bond donors (Lipinski definition) is 1. The highest BCUT2D eigenvalue weighted by molar-refractivity contribution is 9.10. The maximum atomic E-state index is 12.4. The summed E-state index contributed by atoms with van der Waals surface area (Å²) in [6, 6.07) is 5.75. The van der Waals surface area contributed by atoms with E-state index < -0.39 is 0 Å². The Kier molecular flexibility index (Phi) is 3.38. The van der Waals surface area contributed by atoms with Crippen molar-refractivity contribution in [3.05, 3.63) is 33.9 Å². The number of carbonyl (C=O) groups is 1. The van der Waals surface area contributed by atoms with Gasteiger partial charge in [0, 0.05) is 16.4 Å². The summed E-state index contributed by atoms with van der Waals surface area (Å²) in [6.07, 6.45) is 2.07. The number of aromatic nitrogens is 1. The quantitative estimate of drug-likeness (QED) is 0.937. The predicted octanol–water partition coefficient (Wildman–Crippen LogP) is 3.34. The molecule has 20 heavy (non-hydrogen) atoms. The first kappa shape index (κ1) is 13.4. The number of nitrogens with zero attached hydrogens (tertiary/aromatic N) is 2. The fourth-order valence-corrected chi connectivity index (χ4v) is 3.08. The molecule has 1 aliphatic rings. The van der Waals surface area contributed by atoms with Gasteiger partial charge in [0.1, 0.15) is 0 Å². The molecular formula is C15H16BrN3O. The molecule has 1 aliphatic heterocycles. The van der Waals surface area contributed by atoms with Crippen molar-refractivity contribution in [1.82, 2.24) is 9.88 Å². The minimum absolute atomic E-state index is 0.0142. The molecule has 0 saturated heterocycles. The van der Waals surface area contributed by atoms with Gasteiger partial charge in [-0.05, 0) is 28.4 Å². The summed E-state index contributed by atoms with van der Waals surface area (Å²) in [6.45, 7) is 3.45. The lowest BCUT2D eigenvalue weighted by atomic mass is 10.1. The summed E-state index contributed by atoms with van der Waals surface area (Å²) in [5, 5.41) is 0.837. The van der Waals surface area contributed by atoms with Crippen molar-refractivity contribution in [2.45, 2.75) is 26.3 Å². The highest BCUT2D eigenvalue weighted by Crippen LogP contribution is 2.34. The van der Waals surface area contributed by atoms with Gasteiger partial charge in [0.15, 0.2) is 0 Å². The molecule has 0 unspecified atom stereocenters. The lowest BCUT2D eigenvalue weighted by molar-refractivity contribution is 0.0777. The molecule has 2 heterocycles. The molecule has 4 nitrogen and oxygen atoms in total. The molecule has 0 atom stereocenters. The van der Waals surface area contributed by atoms with E-state index in [1.54, 1.807) is 0 Å². The second kappa shape index (κ2) is 5.05. The zero-order valence-corrected chi connectivity index (χ0v) is 12.9. The van der Waals surface area contributed by atoms with E-state index in [9.17, 15) is 4.79 Å². The Morgan fingerprint density at radius 1 is 1.45 bits per heavy atom. The van der Waals surface area contributed by atoms with Gasteiger partial charge in [0.25, 0.3) is 5.91 Å². The van der Waals surface area contributed by atoms with Crippen LogP contribution in [0.3, 0.4) is 0 Å². The minimum Gasteiger partial charge on any atom is -0.397 e. The first-order valence-corrected chi connectivity index (χ1v) is 7.58. The number of unbranched alkanes of at least 4 members (excludes halogenated alkanes) is 1. The van der Waals surface area contributed by atoms with E-state index in [1.807, 2.05) is 23.1 Å². The SMILES string of the molecule is CCCCN1Cc2nc3c(Br)cccc3c(N)c2C1=O. The molecule has 2 N–H and O–H groups in total. The van der Waals surface area contributed by atoms with Gasteiger partial charge in [-0.25, -0.2) is 4.98 Å². The molecule has 3 rings (SSSR count). The van der Waals surface area contributed by atoms with E-state index in [0.29, 0.717) is 17.8 Å². The minimum atomic E-state index is 0.0142. The van der Waals surface area contributed by atoms with Gasteiger partial charge in [-0.3, -0.25) is 4.79 Å². The molecule has 0 spiro atoms. The average Bonchev–Trinajstić information content (AvgIpc) is 2.75. The molecule has 1 aromatic heterocycles. The Balaban J connectivity index is 2.12. The molecule has 5 heteroatoms. The number of carbonyl (C=O) groups excluding carboxylic acids is 1. The number of benzene rings is 1. The number of nitrogen functional groups attached to an aromatic ring is 1. The normalized spacial score (nSPS) is 14.1. The number of pyridine rings is 1. The Labute approximate surface area is 126 Å². The van der Waals surface area contributed by atoms with Crippen LogP contribution in [0.5, 0.6) is 0 Å². The summed E-state index contributed by atoms with van der Waals surface area (Å²) in [5.74, 6) is 0.0142. The molecule has 2 aromatic rings. The third-order valence-corrected chi connectivity index (χ3v) is 4.34. The van der Waals surface area contributed by atoms with E-state index in [2.05, 4.69) is 27.8 Å². The second-order valence-corrected chi connectivity index (χ2v) is 5.92. The standard InChI is InChI=1S/C15H16BrN3O/c1-2-3-7-19-8-11-12(15(19)20)13(17)9-5-4-6-10(16)14(9)18-11/h4-6H,2-3,7-8H2,1H3,(H2,17,18). The zero-order valence-electron chi connectivity index (χ0n) is 11.3. The number of hydrogen-bond acceptors (Lipinski definition) is 3. The number of amides is 1. The molecular weight excluding hydrogens is 318 g/mol. The third-order valence-electron chi connectivity index (χ3n) is 3.70. The van der Waals surface area contributed by atoms with Crippen molar-refractivity contribution in [3.63, 3.8) is 0 Å².